The Bertz CT molecular complexity index is 4450. The summed E-state index contributed by atoms with van der Waals surface area (Å²) in [5.74, 6) is 0. The zero-order valence-corrected chi connectivity index (χ0v) is 43.4. The predicted molar refractivity (Wildman–Crippen MR) is 334 cm³/mol. The summed E-state index contributed by atoms with van der Waals surface area (Å²) in [6.07, 6.45) is 15.0. The first kappa shape index (κ1) is 46.5. The van der Waals surface area contributed by atoms with E-state index in [0.717, 1.165) is 88.7 Å². The maximum absolute atomic E-state index is 4.63. The molecule has 0 saturated heterocycles. The molecule has 11 aromatic carbocycles. The molecular formula is C74H48N6. The number of anilines is 6. The Morgan fingerprint density at radius 3 is 0.912 bits per heavy atom. The van der Waals surface area contributed by atoms with E-state index in [1.165, 1.54) is 54.6 Å². The molecule has 15 rings (SSSR count). The molecule has 0 aliphatic rings. The molecule has 0 aliphatic heterocycles. The van der Waals surface area contributed by atoms with Crippen LogP contribution in [0.3, 0.4) is 0 Å². The Labute approximate surface area is 462 Å². The van der Waals surface area contributed by atoms with Gasteiger partial charge in [-0.1, -0.05) is 158 Å². The highest BCUT2D eigenvalue weighted by molar-refractivity contribution is 6.27. The normalized spacial score (nSPS) is 11.5. The van der Waals surface area contributed by atoms with E-state index in [2.05, 4.69) is 248 Å². The summed E-state index contributed by atoms with van der Waals surface area (Å²) in [6.45, 7) is 0. The first-order valence-corrected chi connectivity index (χ1v) is 27.0. The molecule has 0 atom stereocenters. The number of hydrogen-bond donors (Lipinski definition) is 0. The lowest BCUT2D eigenvalue weighted by atomic mass is 9.82. The smallest absolute Gasteiger partial charge is 0.0645 e. The van der Waals surface area contributed by atoms with Crippen molar-refractivity contribution in [2.75, 3.05) is 9.80 Å². The lowest BCUT2D eigenvalue weighted by Crippen LogP contribution is -2.11. The van der Waals surface area contributed by atoms with Gasteiger partial charge >= 0.3 is 0 Å². The lowest BCUT2D eigenvalue weighted by molar-refractivity contribution is 1.20. The van der Waals surface area contributed by atoms with Gasteiger partial charge in [0.15, 0.2) is 0 Å². The van der Waals surface area contributed by atoms with E-state index in [-0.39, 0.29) is 0 Å². The molecule has 6 nitrogen and oxygen atoms in total. The zero-order valence-electron chi connectivity index (χ0n) is 43.4. The van der Waals surface area contributed by atoms with Crippen LogP contribution in [0.4, 0.5) is 34.1 Å². The summed E-state index contributed by atoms with van der Waals surface area (Å²) in [6, 6.07) is 88.4. The zero-order chi connectivity index (χ0) is 52.9. The summed E-state index contributed by atoms with van der Waals surface area (Å²) in [7, 11) is 0. The Morgan fingerprint density at radius 2 is 0.550 bits per heavy atom. The summed E-state index contributed by atoms with van der Waals surface area (Å²) >= 11 is 0. The van der Waals surface area contributed by atoms with Gasteiger partial charge in [-0.3, -0.25) is 19.9 Å². The molecule has 0 unspecified atom stereocenters. The van der Waals surface area contributed by atoms with Gasteiger partial charge in [0.1, 0.15) is 0 Å². The second kappa shape index (κ2) is 19.6. The van der Waals surface area contributed by atoms with Gasteiger partial charge in [0.05, 0.1) is 47.5 Å². The van der Waals surface area contributed by atoms with Gasteiger partial charge in [-0.2, -0.15) is 0 Å². The second-order valence-electron chi connectivity index (χ2n) is 20.3. The number of nitrogens with zero attached hydrogens (tertiary/aromatic N) is 6. The monoisotopic (exact) mass is 1020 g/mol. The fraction of sp³-hybridized carbons (Fsp3) is 0. The molecule has 0 aliphatic carbocycles. The summed E-state index contributed by atoms with van der Waals surface area (Å²) < 4.78 is 0. The SMILES string of the molecule is c1cncc(N(c2cccnc2)c2ccc3c(-c4ccc(-c5ccc6ccccc6c5)c5ccccc45)c4cc(N(c5cccnc5)c5cccnc5)ccc4c(-c4ccc(-c5ccc6ccccc6c5)c5ccccc45)c3c2)c1. The quantitative estimate of drug-likeness (QED) is 0.127. The standard InChI is InChI=1S/C74H48N6/c1-3-15-51-41-53(27-25-49(51)13-1)61-33-35-67(65-23-7-5-21-63(61)65)73-69-31-29-56(80(59-19-11-39-77-47-59)60-20-12-40-78-48-60)44-72(69)74(70-32-30-55(43-71(70)73)79(57-17-9-37-75-45-57)58-18-10-38-76-46-58)68-36-34-62(64-22-6-8-24-66(64)68)54-28-26-50-14-2-4-16-52(50)42-54/h1-48H. The van der Waals surface area contributed by atoms with Crippen LogP contribution in [-0.4, -0.2) is 19.9 Å². The number of aromatic nitrogens is 4. The van der Waals surface area contributed by atoms with E-state index >= 15 is 0 Å². The molecule has 4 aromatic heterocycles. The van der Waals surface area contributed by atoms with E-state index in [0.29, 0.717) is 0 Å². The fourth-order valence-electron chi connectivity index (χ4n) is 12.2. The Kier molecular flexibility index (Phi) is 11.4. The van der Waals surface area contributed by atoms with Gasteiger partial charge < -0.3 is 9.80 Å². The summed E-state index contributed by atoms with van der Waals surface area (Å²) in [5, 5.41) is 14.0. The average Bonchev–Trinajstić information content (AvgIpc) is 3.72. The van der Waals surface area contributed by atoms with E-state index in [4.69, 9.17) is 0 Å². The Balaban J connectivity index is 1.07. The van der Waals surface area contributed by atoms with Crippen LogP contribution in [-0.2, 0) is 0 Å². The van der Waals surface area contributed by atoms with Crippen LogP contribution in [0.5, 0.6) is 0 Å². The van der Waals surface area contributed by atoms with Gasteiger partial charge in [0.2, 0.25) is 0 Å². The molecule has 80 heavy (non-hydrogen) atoms. The van der Waals surface area contributed by atoms with Gasteiger partial charge in [-0.05, 0) is 194 Å². The molecule has 15 aromatic rings. The van der Waals surface area contributed by atoms with E-state index in [1.807, 2.05) is 73.8 Å². The first-order valence-electron chi connectivity index (χ1n) is 27.0. The van der Waals surface area contributed by atoms with Crippen LogP contribution < -0.4 is 9.80 Å². The summed E-state index contributed by atoms with van der Waals surface area (Å²) in [5.41, 5.74) is 15.0. The Hall–Kier alpha value is -10.8. The van der Waals surface area contributed by atoms with Crippen molar-refractivity contribution in [3.8, 4) is 44.5 Å². The molecule has 0 saturated carbocycles. The molecule has 374 valence electrons. The number of hydrogen-bond acceptors (Lipinski definition) is 6. The van der Waals surface area contributed by atoms with Gasteiger partial charge in [0, 0.05) is 36.2 Å². The maximum Gasteiger partial charge on any atom is 0.0645 e. The van der Waals surface area contributed by atoms with E-state index in [9.17, 15) is 0 Å². The summed E-state index contributed by atoms with van der Waals surface area (Å²) in [4.78, 5) is 23.0. The van der Waals surface area contributed by atoms with E-state index < -0.39 is 0 Å². The number of rotatable bonds is 10. The number of benzene rings is 11. The van der Waals surface area contributed by atoms with Crippen molar-refractivity contribution < 1.29 is 0 Å². The third-order valence-corrected chi connectivity index (χ3v) is 15.7. The predicted octanol–water partition coefficient (Wildman–Crippen LogP) is 19.8. The Morgan fingerprint density at radius 1 is 0.212 bits per heavy atom. The average molecular weight is 1020 g/mol. The molecule has 0 spiro atoms. The largest absolute Gasteiger partial charge is 0.307 e. The van der Waals surface area contributed by atoms with Crippen molar-refractivity contribution in [3.05, 3.63) is 292 Å². The second-order valence-corrected chi connectivity index (χ2v) is 20.3. The van der Waals surface area contributed by atoms with Gasteiger partial charge in [0.25, 0.3) is 0 Å². The van der Waals surface area contributed by atoms with Crippen LogP contribution in [0.2, 0.25) is 0 Å². The fourth-order valence-corrected chi connectivity index (χ4v) is 12.2. The van der Waals surface area contributed by atoms with Crippen molar-refractivity contribution in [2.24, 2.45) is 0 Å². The van der Waals surface area contributed by atoms with Crippen LogP contribution in [0.1, 0.15) is 0 Å². The molecular weight excluding hydrogens is 973 g/mol. The van der Waals surface area contributed by atoms with E-state index in [1.54, 1.807) is 0 Å². The third kappa shape index (κ3) is 8.05. The third-order valence-electron chi connectivity index (χ3n) is 15.7. The lowest BCUT2D eigenvalue weighted by Gasteiger charge is -2.28. The van der Waals surface area contributed by atoms with Crippen LogP contribution in [0.15, 0.2) is 292 Å². The van der Waals surface area contributed by atoms with Crippen molar-refractivity contribution >= 4 is 98.8 Å². The molecule has 4 heterocycles. The maximum atomic E-state index is 4.63. The minimum atomic E-state index is 0.929. The van der Waals surface area contributed by atoms with Crippen molar-refractivity contribution in [3.63, 3.8) is 0 Å². The molecule has 0 radical (unpaired) electrons. The molecule has 6 heteroatoms. The highest BCUT2D eigenvalue weighted by Gasteiger charge is 2.25. The van der Waals surface area contributed by atoms with Crippen LogP contribution >= 0.6 is 0 Å². The highest BCUT2D eigenvalue weighted by atomic mass is 15.2. The molecule has 0 fully saturated rings. The van der Waals surface area contributed by atoms with Crippen molar-refractivity contribution in [2.45, 2.75) is 0 Å². The first-order chi connectivity index (χ1) is 39.7. The molecule has 0 bridgehead atoms. The van der Waals surface area contributed by atoms with Crippen molar-refractivity contribution in [1.29, 1.82) is 0 Å². The van der Waals surface area contributed by atoms with Gasteiger partial charge in [-0.15, -0.1) is 0 Å². The molecule has 0 N–H and O–H groups in total. The van der Waals surface area contributed by atoms with Gasteiger partial charge in [-0.25, -0.2) is 0 Å². The van der Waals surface area contributed by atoms with Crippen molar-refractivity contribution in [1.82, 2.24) is 19.9 Å². The highest BCUT2D eigenvalue weighted by Crippen LogP contribution is 2.51. The number of pyridine rings is 4. The minimum Gasteiger partial charge on any atom is -0.307 e. The van der Waals surface area contributed by atoms with Crippen LogP contribution in [0, 0.1) is 0 Å². The minimum absolute atomic E-state index is 0.929. The topological polar surface area (TPSA) is 58.0 Å². The number of fused-ring (bicyclic) bond motifs is 6. The van der Waals surface area contributed by atoms with Crippen LogP contribution in [0.25, 0.3) is 109 Å². The molecule has 0 amide bonds.